The molecule has 0 atom stereocenters. The molecule has 0 aliphatic carbocycles. The first-order valence-electron chi connectivity index (χ1n) is 6.78. The van der Waals surface area contributed by atoms with E-state index in [4.69, 9.17) is 0 Å². The van der Waals surface area contributed by atoms with Crippen LogP contribution in [0.2, 0.25) is 0 Å². The minimum Gasteiger partial charge on any atom is -0.478 e. The standard InChI is InChI=1S/C15H13N5O3/c1-8-11(15(22)23)5-10(6-16-8)12-3-4-14-18-13(17-9(2)21)7-20(14)19-12/h3-7H,1-2H3,(H,17,21)(H,22,23). The van der Waals surface area contributed by atoms with Gasteiger partial charge in [0.05, 0.1) is 23.1 Å². The Kier molecular flexibility index (Phi) is 3.49. The highest BCUT2D eigenvalue weighted by Gasteiger charge is 2.12. The number of carbonyl (C=O) groups excluding carboxylic acids is 1. The van der Waals surface area contributed by atoms with E-state index in [1.807, 2.05) is 0 Å². The van der Waals surface area contributed by atoms with Crippen molar-refractivity contribution in [3.63, 3.8) is 0 Å². The zero-order chi connectivity index (χ0) is 16.6. The number of hydrogen-bond acceptors (Lipinski definition) is 5. The number of hydrogen-bond donors (Lipinski definition) is 2. The molecule has 8 heteroatoms. The maximum atomic E-state index is 11.2. The van der Waals surface area contributed by atoms with Crippen LogP contribution in [0.25, 0.3) is 16.9 Å². The van der Waals surface area contributed by atoms with Gasteiger partial charge >= 0.3 is 5.97 Å². The fraction of sp³-hybridized carbons (Fsp3) is 0.133. The van der Waals surface area contributed by atoms with Crippen LogP contribution in [0.4, 0.5) is 5.82 Å². The number of pyridine rings is 1. The van der Waals surface area contributed by atoms with Crippen LogP contribution < -0.4 is 5.32 Å². The highest BCUT2D eigenvalue weighted by molar-refractivity contribution is 5.90. The molecule has 3 aromatic heterocycles. The topological polar surface area (TPSA) is 109 Å². The maximum absolute atomic E-state index is 11.2. The van der Waals surface area contributed by atoms with Gasteiger partial charge in [-0.15, -0.1) is 0 Å². The minimum absolute atomic E-state index is 0.133. The fourth-order valence-corrected chi connectivity index (χ4v) is 2.17. The number of fused-ring (bicyclic) bond motifs is 1. The number of nitrogens with one attached hydrogen (secondary N) is 1. The Hall–Kier alpha value is -3.29. The Morgan fingerprint density at radius 2 is 2.09 bits per heavy atom. The normalized spacial score (nSPS) is 10.7. The summed E-state index contributed by atoms with van der Waals surface area (Å²) in [5.74, 6) is -0.855. The average molecular weight is 311 g/mol. The van der Waals surface area contributed by atoms with Crippen LogP contribution in [0, 0.1) is 6.92 Å². The minimum atomic E-state index is -1.03. The van der Waals surface area contributed by atoms with Crippen molar-refractivity contribution in [2.45, 2.75) is 13.8 Å². The number of anilines is 1. The second-order valence-corrected chi connectivity index (χ2v) is 4.99. The number of rotatable bonds is 3. The SMILES string of the molecule is CC(=O)Nc1cn2nc(-c3cnc(C)c(C(=O)O)c3)ccc2n1. The van der Waals surface area contributed by atoms with Gasteiger partial charge in [0.25, 0.3) is 0 Å². The van der Waals surface area contributed by atoms with Crippen molar-refractivity contribution in [3.8, 4) is 11.3 Å². The van der Waals surface area contributed by atoms with Gasteiger partial charge < -0.3 is 10.4 Å². The van der Waals surface area contributed by atoms with Crippen molar-refractivity contribution in [1.29, 1.82) is 0 Å². The van der Waals surface area contributed by atoms with Crippen molar-refractivity contribution >= 4 is 23.3 Å². The summed E-state index contributed by atoms with van der Waals surface area (Å²) >= 11 is 0. The quantitative estimate of drug-likeness (QED) is 0.762. The van der Waals surface area contributed by atoms with Gasteiger partial charge in [-0.2, -0.15) is 5.10 Å². The molecular formula is C15H13N5O3. The van der Waals surface area contributed by atoms with E-state index in [1.165, 1.54) is 17.5 Å². The van der Waals surface area contributed by atoms with Gasteiger partial charge in [0.1, 0.15) is 0 Å². The predicted molar refractivity (Wildman–Crippen MR) is 82.2 cm³/mol. The van der Waals surface area contributed by atoms with Crippen LogP contribution in [0.1, 0.15) is 23.0 Å². The molecule has 0 aromatic carbocycles. The van der Waals surface area contributed by atoms with Gasteiger partial charge in [-0.1, -0.05) is 0 Å². The van der Waals surface area contributed by atoms with E-state index in [-0.39, 0.29) is 11.5 Å². The Balaban J connectivity index is 2.05. The van der Waals surface area contributed by atoms with Crippen molar-refractivity contribution in [3.05, 3.63) is 41.9 Å². The smallest absolute Gasteiger partial charge is 0.337 e. The molecule has 0 radical (unpaired) electrons. The fourth-order valence-electron chi connectivity index (χ4n) is 2.17. The van der Waals surface area contributed by atoms with Crippen molar-refractivity contribution < 1.29 is 14.7 Å². The molecule has 3 aromatic rings. The van der Waals surface area contributed by atoms with E-state index in [9.17, 15) is 14.7 Å². The van der Waals surface area contributed by atoms with Gasteiger partial charge in [0, 0.05) is 18.7 Å². The lowest BCUT2D eigenvalue weighted by Gasteiger charge is -2.04. The van der Waals surface area contributed by atoms with E-state index in [1.54, 1.807) is 31.5 Å². The molecule has 0 bridgehead atoms. The van der Waals surface area contributed by atoms with Crippen molar-refractivity contribution in [2.75, 3.05) is 5.32 Å². The third-order valence-corrected chi connectivity index (χ3v) is 3.24. The number of nitrogens with zero attached hydrogens (tertiary/aromatic N) is 4. The summed E-state index contributed by atoms with van der Waals surface area (Å²) in [5, 5.41) is 16.1. The molecular weight excluding hydrogens is 298 g/mol. The predicted octanol–water partition coefficient (Wildman–Crippen LogP) is 1.76. The second-order valence-electron chi connectivity index (χ2n) is 4.99. The average Bonchev–Trinajstić information content (AvgIpc) is 2.87. The molecule has 0 spiro atoms. The molecule has 23 heavy (non-hydrogen) atoms. The van der Waals surface area contributed by atoms with Gasteiger partial charge in [0.2, 0.25) is 5.91 Å². The highest BCUT2D eigenvalue weighted by Crippen LogP contribution is 2.20. The number of amides is 1. The van der Waals surface area contributed by atoms with Crippen LogP contribution in [0.3, 0.4) is 0 Å². The summed E-state index contributed by atoms with van der Waals surface area (Å²) in [6, 6.07) is 4.98. The molecule has 2 N–H and O–H groups in total. The van der Waals surface area contributed by atoms with Crippen molar-refractivity contribution in [2.24, 2.45) is 0 Å². The zero-order valence-electron chi connectivity index (χ0n) is 12.4. The summed E-state index contributed by atoms with van der Waals surface area (Å²) in [6.45, 7) is 3.04. The summed E-state index contributed by atoms with van der Waals surface area (Å²) in [6.07, 6.45) is 3.15. The highest BCUT2D eigenvalue weighted by atomic mass is 16.4. The molecule has 1 amide bonds. The van der Waals surface area contributed by atoms with Crippen LogP contribution in [0.5, 0.6) is 0 Å². The van der Waals surface area contributed by atoms with Crippen LogP contribution >= 0.6 is 0 Å². The molecule has 0 saturated heterocycles. The van der Waals surface area contributed by atoms with Crippen LogP contribution in [0.15, 0.2) is 30.6 Å². The molecule has 0 aliphatic heterocycles. The van der Waals surface area contributed by atoms with E-state index in [0.29, 0.717) is 28.4 Å². The third kappa shape index (κ3) is 2.86. The van der Waals surface area contributed by atoms with Crippen LogP contribution in [-0.4, -0.2) is 36.6 Å². The molecule has 0 unspecified atom stereocenters. The second kappa shape index (κ2) is 5.48. The lowest BCUT2D eigenvalue weighted by molar-refractivity contribution is -0.114. The van der Waals surface area contributed by atoms with E-state index >= 15 is 0 Å². The number of aromatic carboxylic acids is 1. The monoisotopic (exact) mass is 311 g/mol. The first-order valence-corrected chi connectivity index (χ1v) is 6.78. The number of carboxylic acid groups (broad SMARTS) is 1. The Bertz CT molecular complexity index is 932. The maximum Gasteiger partial charge on any atom is 0.337 e. The number of aromatic nitrogens is 4. The summed E-state index contributed by atoms with van der Waals surface area (Å²) in [5.41, 5.74) is 2.28. The van der Waals surface area contributed by atoms with E-state index in [2.05, 4.69) is 20.4 Å². The largest absolute Gasteiger partial charge is 0.478 e. The van der Waals surface area contributed by atoms with Gasteiger partial charge in [-0.3, -0.25) is 9.78 Å². The first-order chi connectivity index (χ1) is 10.9. The number of aryl methyl sites for hydroxylation is 1. The molecule has 0 fully saturated rings. The summed E-state index contributed by atoms with van der Waals surface area (Å²) < 4.78 is 1.51. The van der Waals surface area contributed by atoms with Crippen LogP contribution in [-0.2, 0) is 4.79 Å². The lowest BCUT2D eigenvalue weighted by atomic mass is 10.1. The molecule has 3 heterocycles. The van der Waals surface area contributed by atoms with Gasteiger partial charge in [0.15, 0.2) is 11.5 Å². The van der Waals surface area contributed by atoms with E-state index < -0.39 is 5.97 Å². The summed E-state index contributed by atoms with van der Waals surface area (Å²) in [7, 11) is 0. The molecule has 3 rings (SSSR count). The Morgan fingerprint density at radius 1 is 1.30 bits per heavy atom. The third-order valence-electron chi connectivity index (χ3n) is 3.24. The number of carboxylic acids is 1. The lowest BCUT2D eigenvalue weighted by Crippen LogP contribution is -2.05. The zero-order valence-corrected chi connectivity index (χ0v) is 12.4. The van der Waals surface area contributed by atoms with Gasteiger partial charge in [-0.05, 0) is 25.1 Å². The summed E-state index contributed by atoms with van der Waals surface area (Å²) in [4.78, 5) is 30.6. The molecule has 116 valence electrons. The van der Waals surface area contributed by atoms with Crippen molar-refractivity contribution in [1.82, 2.24) is 19.6 Å². The molecule has 0 saturated carbocycles. The van der Waals surface area contributed by atoms with Gasteiger partial charge in [-0.25, -0.2) is 14.3 Å². The number of imidazole rings is 1. The Labute approximate surface area is 130 Å². The Morgan fingerprint density at radius 3 is 2.78 bits per heavy atom. The molecule has 8 nitrogen and oxygen atoms in total. The van der Waals surface area contributed by atoms with E-state index in [0.717, 1.165) is 0 Å². The first kappa shape index (κ1) is 14.6. The number of carbonyl (C=O) groups is 2. The molecule has 0 aliphatic rings.